The molecule has 2 atom stereocenters. The highest BCUT2D eigenvalue weighted by Gasteiger charge is 2.32. The van der Waals surface area contributed by atoms with Crippen LogP contribution >= 0.6 is 11.6 Å². The van der Waals surface area contributed by atoms with E-state index in [1.165, 1.54) is 24.3 Å². The SMILES string of the molecule is Cc1c(Cl)ncc(C2CC(c3ccc(F)cc3)CCN2C=O)c1Nc1cccc(F)c1. The third-order valence-electron chi connectivity index (χ3n) is 5.86. The molecule has 2 aromatic carbocycles. The van der Waals surface area contributed by atoms with E-state index < -0.39 is 0 Å². The van der Waals surface area contributed by atoms with Gasteiger partial charge >= 0.3 is 0 Å². The average molecular weight is 442 g/mol. The first kappa shape index (κ1) is 21.2. The van der Waals surface area contributed by atoms with Gasteiger partial charge in [-0.2, -0.15) is 0 Å². The zero-order valence-corrected chi connectivity index (χ0v) is 17.7. The average Bonchev–Trinajstić information content (AvgIpc) is 2.77. The van der Waals surface area contributed by atoms with Crippen molar-refractivity contribution in [2.24, 2.45) is 0 Å². The third kappa shape index (κ3) is 4.54. The van der Waals surface area contributed by atoms with Crippen LogP contribution in [0.15, 0.2) is 54.7 Å². The third-order valence-corrected chi connectivity index (χ3v) is 6.24. The van der Waals surface area contributed by atoms with Gasteiger partial charge in [-0.15, -0.1) is 0 Å². The van der Waals surface area contributed by atoms with Gasteiger partial charge in [0, 0.05) is 29.6 Å². The number of halogens is 3. The number of piperidine rings is 1. The standard InChI is InChI=1S/C24H22ClF2N3O/c1-15-23(29-20-4-2-3-19(27)12-20)21(13-28-24(15)25)22-11-17(9-10-30(22)14-31)16-5-7-18(26)8-6-16/h2-8,12-14,17,22H,9-11H2,1H3,(H,28,29). The van der Waals surface area contributed by atoms with Crippen molar-refractivity contribution >= 4 is 29.4 Å². The van der Waals surface area contributed by atoms with Gasteiger partial charge in [-0.3, -0.25) is 4.79 Å². The first-order chi connectivity index (χ1) is 15.0. The molecule has 0 radical (unpaired) electrons. The van der Waals surface area contributed by atoms with E-state index in [-0.39, 0.29) is 23.6 Å². The van der Waals surface area contributed by atoms with Crippen LogP contribution in [-0.4, -0.2) is 22.8 Å². The predicted molar refractivity (Wildman–Crippen MR) is 118 cm³/mol. The molecule has 1 fully saturated rings. The Hall–Kier alpha value is -2.99. The van der Waals surface area contributed by atoms with Crippen molar-refractivity contribution in [3.8, 4) is 0 Å². The number of nitrogens with one attached hydrogen (secondary N) is 1. The molecule has 1 aliphatic heterocycles. The molecule has 0 bridgehead atoms. The second-order valence-corrected chi connectivity index (χ2v) is 8.13. The number of anilines is 2. The molecule has 3 aromatic rings. The number of hydrogen-bond donors (Lipinski definition) is 1. The lowest BCUT2D eigenvalue weighted by Gasteiger charge is -2.38. The molecule has 31 heavy (non-hydrogen) atoms. The van der Waals surface area contributed by atoms with Gasteiger partial charge in [0.25, 0.3) is 0 Å². The first-order valence-corrected chi connectivity index (χ1v) is 10.5. The number of nitrogens with zero attached hydrogens (tertiary/aromatic N) is 2. The molecule has 1 N–H and O–H groups in total. The lowest BCUT2D eigenvalue weighted by atomic mass is 9.82. The van der Waals surface area contributed by atoms with Crippen LogP contribution in [0.5, 0.6) is 0 Å². The molecular weight excluding hydrogens is 420 g/mol. The van der Waals surface area contributed by atoms with Crippen LogP contribution in [0.4, 0.5) is 20.2 Å². The number of pyridine rings is 1. The molecule has 2 heterocycles. The molecule has 1 amide bonds. The Balaban J connectivity index is 1.72. The van der Waals surface area contributed by atoms with Crippen molar-refractivity contribution in [2.45, 2.75) is 31.7 Å². The van der Waals surface area contributed by atoms with Gasteiger partial charge in [0.1, 0.15) is 16.8 Å². The van der Waals surface area contributed by atoms with Crippen molar-refractivity contribution in [1.29, 1.82) is 0 Å². The molecule has 160 valence electrons. The number of amides is 1. The van der Waals surface area contributed by atoms with E-state index in [1.807, 2.05) is 6.92 Å². The Labute approximate surface area is 184 Å². The fourth-order valence-electron chi connectivity index (χ4n) is 4.19. The second-order valence-electron chi connectivity index (χ2n) is 7.77. The fraction of sp³-hybridized carbons (Fsp3) is 0.250. The van der Waals surface area contributed by atoms with Gasteiger partial charge in [0.2, 0.25) is 6.41 Å². The normalized spacial score (nSPS) is 18.6. The molecule has 7 heteroatoms. The van der Waals surface area contributed by atoms with Crippen molar-refractivity contribution in [2.75, 3.05) is 11.9 Å². The van der Waals surface area contributed by atoms with Crippen LogP contribution in [0.25, 0.3) is 0 Å². The summed E-state index contributed by atoms with van der Waals surface area (Å²) >= 11 is 6.29. The summed E-state index contributed by atoms with van der Waals surface area (Å²) in [4.78, 5) is 17.9. The van der Waals surface area contributed by atoms with Crippen molar-refractivity contribution in [1.82, 2.24) is 9.88 Å². The maximum atomic E-state index is 13.7. The maximum absolute atomic E-state index is 13.7. The highest BCUT2D eigenvalue weighted by atomic mass is 35.5. The number of likely N-dealkylation sites (tertiary alicyclic amines) is 1. The van der Waals surface area contributed by atoms with E-state index in [9.17, 15) is 13.6 Å². The zero-order valence-electron chi connectivity index (χ0n) is 17.0. The van der Waals surface area contributed by atoms with Crippen LogP contribution in [0.1, 0.15) is 41.5 Å². The maximum Gasteiger partial charge on any atom is 0.210 e. The smallest absolute Gasteiger partial charge is 0.210 e. The molecule has 0 aliphatic carbocycles. The lowest BCUT2D eigenvalue weighted by molar-refractivity contribution is -0.121. The van der Waals surface area contributed by atoms with Gasteiger partial charge in [-0.05, 0) is 61.6 Å². The number of hydrogen-bond acceptors (Lipinski definition) is 3. The molecule has 1 saturated heterocycles. The van der Waals surface area contributed by atoms with E-state index in [2.05, 4.69) is 10.3 Å². The first-order valence-electron chi connectivity index (χ1n) is 10.1. The molecule has 0 saturated carbocycles. The largest absolute Gasteiger partial charge is 0.355 e. The van der Waals surface area contributed by atoms with Gasteiger partial charge in [0.05, 0.1) is 11.7 Å². The molecule has 2 unspecified atom stereocenters. The second kappa shape index (κ2) is 9.02. The van der Waals surface area contributed by atoms with E-state index in [4.69, 9.17) is 11.6 Å². The summed E-state index contributed by atoms with van der Waals surface area (Å²) in [6.45, 7) is 2.41. The molecule has 1 aromatic heterocycles. The predicted octanol–water partition coefficient (Wildman–Crippen LogP) is 6.14. The molecule has 0 spiro atoms. The summed E-state index contributed by atoms with van der Waals surface area (Å²) in [6, 6.07) is 12.4. The minimum absolute atomic E-state index is 0.166. The van der Waals surface area contributed by atoms with E-state index >= 15 is 0 Å². The lowest BCUT2D eigenvalue weighted by Crippen LogP contribution is -2.35. The summed E-state index contributed by atoms with van der Waals surface area (Å²) in [5.41, 5.74) is 3.86. The highest BCUT2D eigenvalue weighted by Crippen LogP contribution is 2.43. The Bertz CT molecular complexity index is 1090. The van der Waals surface area contributed by atoms with Crippen molar-refractivity contribution < 1.29 is 13.6 Å². The van der Waals surface area contributed by atoms with Gasteiger partial charge in [0.15, 0.2) is 0 Å². The number of carbonyl (C=O) groups excluding carboxylic acids is 1. The monoisotopic (exact) mass is 441 g/mol. The van der Waals surface area contributed by atoms with Gasteiger partial charge in [-0.25, -0.2) is 13.8 Å². The summed E-state index contributed by atoms with van der Waals surface area (Å²) in [7, 11) is 0. The van der Waals surface area contributed by atoms with Gasteiger partial charge < -0.3 is 10.2 Å². The number of benzene rings is 2. The molecule has 4 nitrogen and oxygen atoms in total. The summed E-state index contributed by atoms with van der Waals surface area (Å²) in [5, 5.41) is 3.61. The molecule has 1 aliphatic rings. The van der Waals surface area contributed by atoms with Crippen LogP contribution < -0.4 is 5.32 Å². The quantitative estimate of drug-likeness (QED) is 0.382. The van der Waals surface area contributed by atoms with Gasteiger partial charge in [-0.1, -0.05) is 29.8 Å². The van der Waals surface area contributed by atoms with Crippen LogP contribution in [0.3, 0.4) is 0 Å². The molecule has 4 rings (SSSR count). The summed E-state index contributed by atoms with van der Waals surface area (Å²) in [5.74, 6) is -0.461. The minimum atomic E-state index is -0.354. The minimum Gasteiger partial charge on any atom is -0.355 e. The van der Waals surface area contributed by atoms with Crippen LogP contribution in [-0.2, 0) is 4.79 Å². The summed E-state index contributed by atoms with van der Waals surface area (Å²) in [6.07, 6.45) is 3.96. The van der Waals surface area contributed by atoms with E-state index in [1.54, 1.807) is 35.4 Å². The molecular formula is C24H22ClF2N3O. The Kier molecular flexibility index (Phi) is 6.18. The number of carbonyl (C=O) groups is 1. The topological polar surface area (TPSA) is 45.2 Å². The van der Waals surface area contributed by atoms with Crippen LogP contribution in [0, 0.1) is 18.6 Å². The van der Waals surface area contributed by atoms with Crippen molar-refractivity contribution in [3.05, 3.63) is 88.2 Å². The Morgan fingerprint density at radius 1 is 1.16 bits per heavy atom. The highest BCUT2D eigenvalue weighted by molar-refractivity contribution is 6.30. The van der Waals surface area contributed by atoms with E-state index in [0.29, 0.717) is 29.5 Å². The van der Waals surface area contributed by atoms with E-state index in [0.717, 1.165) is 29.5 Å². The number of rotatable bonds is 5. The Morgan fingerprint density at radius 3 is 2.65 bits per heavy atom. The summed E-state index contributed by atoms with van der Waals surface area (Å²) < 4.78 is 27.1. The Morgan fingerprint density at radius 2 is 1.94 bits per heavy atom. The number of aromatic nitrogens is 1. The van der Waals surface area contributed by atoms with Crippen molar-refractivity contribution in [3.63, 3.8) is 0 Å². The van der Waals surface area contributed by atoms with Crippen LogP contribution in [0.2, 0.25) is 5.15 Å². The fourth-order valence-corrected chi connectivity index (χ4v) is 4.33. The zero-order chi connectivity index (χ0) is 22.0.